The minimum Gasteiger partial charge on any atom is -0.493 e. The fourth-order valence-electron chi connectivity index (χ4n) is 3.49. The smallest absolute Gasteiger partial charge is 0.340 e. The number of ether oxygens (including phenoxy) is 3. The van der Waals surface area contributed by atoms with E-state index < -0.39 is 24.0 Å². The molecule has 0 saturated heterocycles. The van der Waals surface area contributed by atoms with Gasteiger partial charge in [0.15, 0.2) is 23.9 Å². The molecular weight excluding hydrogens is 464 g/mol. The molecule has 1 heterocycles. The summed E-state index contributed by atoms with van der Waals surface area (Å²) in [6.45, 7) is 5.61. The van der Waals surface area contributed by atoms with Gasteiger partial charge in [0, 0.05) is 24.2 Å². The highest BCUT2D eigenvalue weighted by atomic mass is 16.5. The normalized spacial score (nSPS) is 10.9. The third kappa shape index (κ3) is 6.44. The summed E-state index contributed by atoms with van der Waals surface area (Å²) in [6.07, 6.45) is 1.36. The van der Waals surface area contributed by atoms with Crippen LogP contribution in [0.4, 0.5) is 5.69 Å². The van der Waals surface area contributed by atoms with Crippen LogP contribution < -0.4 is 14.8 Å². The second kappa shape index (κ2) is 11.4. The maximum atomic E-state index is 13.1. The Kier molecular flexibility index (Phi) is 8.37. The van der Waals surface area contributed by atoms with Crippen molar-refractivity contribution in [3.05, 3.63) is 77.7 Å². The summed E-state index contributed by atoms with van der Waals surface area (Å²) in [5.41, 5.74) is 0.550. The lowest BCUT2D eigenvalue weighted by Gasteiger charge is -2.35. The highest BCUT2D eigenvalue weighted by Crippen LogP contribution is 2.34. The van der Waals surface area contributed by atoms with Crippen LogP contribution in [0, 0.1) is 0 Å². The molecule has 0 aliphatic rings. The molecule has 0 unspecified atom stereocenters. The lowest BCUT2D eigenvalue weighted by molar-refractivity contribution is -0.140. The summed E-state index contributed by atoms with van der Waals surface area (Å²) in [7, 11) is 2.85. The highest BCUT2D eigenvalue weighted by Gasteiger charge is 2.28. The van der Waals surface area contributed by atoms with Crippen LogP contribution in [0.1, 0.15) is 47.2 Å². The molecule has 2 amide bonds. The first-order chi connectivity index (χ1) is 17.1. The van der Waals surface area contributed by atoms with E-state index in [4.69, 9.17) is 18.6 Å². The summed E-state index contributed by atoms with van der Waals surface area (Å²) in [6, 6.07) is 15.4. The molecule has 1 N–H and O–H groups in total. The first-order valence-electron chi connectivity index (χ1n) is 11.3. The van der Waals surface area contributed by atoms with Crippen LogP contribution in [-0.2, 0) is 16.1 Å². The van der Waals surface area contributed by atoms with E-state index in [9.17, 15) is 14.4 Å². The Balaban J connectivity index is 1.81. The standard InChI is InChI=1S/C27H30N2O7/c1-27(2,3)29(16-18-10-7-6-8-11-18)24(30)17-36-26(32)19-14-22(33-4)23(34-5)15-20(19)28-25(31)21-12-9-13-35-21/h6-15H,16-17H2,1-5H3,(H,28,31). The third-order valence-corrected chi connectivity index (χ3v) is 5.36. The molecule has 3 aromatic rings. The number of hydrogen-bond acceptors (Lipinski definition) is 7. The summed E-state index contributed by atoms with van der Waals surface area (Å²) in [5, 5.41) is 2.62. The van der Waals surface area contributed by atoms with Gasteiger partial charge in [-0.25, -0.2) is 4.79 Å². The number of rotatable bonds is 9. The van der Waals surface area contributed by atoms with Crippen LogP contribution in [0.25, 0.3) is 0 Å². The number of nitrogens with zero attached hydrogens (tertiary/aromatic N) is 1. The average Bonchev–Trinajstić information content (AvgIpc) is 3.40. The third-order valence-electron chi connectivity index (χ3n) is 5.36. The molecule has 9 nitrogen and oxygen atoms in total. The second-order valence-electron chi connectivity index (χ2n) is 8.90. The highest BCUT2D eigenvalue weighted by molar-refractivity contribution is 6.07. The second-order valence-corrected chi connectivity index (χ2v) is 8.90. The van der Waals surface area contributed by atoms with Gasteiger partial charge in [0.2, 0.25) is 0 Å². The van der Waals surface area contributed by atoms with E-state index in [1.807, 2.05) is 51.1 Å². The number of furan rings is 1. The number of amides is 2. The Morgan fingerprint density at radius 2 is 1.61 bits per heavy atom. The molecule has 190 valence electrons. The van der Waals surface area contributed by atoms with E-state index in [0.29, 0.717) is 12.3 Å². The summed E-state index contributed by atoms with van der Waals surface area (Å²) in [4.78, 5) is 40.4. The maximum Gasteiger partial charge on any atom is 0.340 e. The zero-order valence-corrected chi connectivity index (χ0v) is 21.0. The Morgan fingerprint density at radius 3 is 2.19 bits per heavy atom. The van der Waals surface area contributed by atoms with Gasteiger partial charge in [0.1, 0.15) is 0 Å². The average molecular weight is 495 g/mol. The van der Waals surface area contributed by atoms with Gasteiger partial charge in [0.25, 0.3) is 11.8 Å². The van der Waals surface area contributed by atoms with Gasteiger partial charge in [-0.2, -0.15) is 0 Å². The number of carbonyl (C=O) groups is 3. The molecule has 0 atom stereocenters. The molecule has 2 aromatic carbocycles. The molecule has 0 aliphatic carbocycles. The van der Waals surface area contributed by atoms with Gasteiger partial charge < -0.3 is 28.8 Å². The van der Waals surface area contributed by atoms with Crippen molar-refractivity contribution in [2.75, 3.05) is 26.1 Å². The molecule has 0 spiro atoms. The molecule has 0 radical (unpaired) electrons. The minimum atomic E-state index is -0.812. The van der Waals surface area contributed by atoms with Crippen molar-refractivity contribution in [2.45, 2.75) is 32.9 Å². The molecule has 0 aliphatic heterocycles. The molecule has 0 fully saturated rings. The van der Waals surface area contributed by atoms with E-state index in [1.165, 1.54) is 38.7 Å². The molecule has 3 rings (SSSR count). The number of nitrogens with one attached hydrogen (secondary N) is 1. The predicted octanol–water partition coefficient (Wildman–Crippen LogP) is 4.53. The van der Waals surface area contributed by atoms with Crippen LogP contribution in [-0.4, -0.2) is 49.0 Å². The van der Waals surface area contributed by atoms with Gasteiger partial charge in [-0.15, -0.1) is 0 Å². The molecule has 0 bridgehead atoms. The number of benzene rings is 2. The fourth-order valence-corrected chi connectivity index (χ4v) is 3.49. The van der Waals surface area contributed by atoms with Crippen LogP contribution in [0.2, 0.25) is 0 Å². The van der Waals surface area contributed by atoms with E-state index in [-0.39, 0.29) is 28.7 Å². The predicted molar refractivity (Wildman–Crippen MR) is 133 cm³/mol. The quantitative estimate of drug-likeness (QED) is 0.436. The van der Waals surface area contributed by atoms with Gasteiger partial charge >= 0.3 is 5.97 Å². The van der Waals surface area contributed by atoms with Gasteiger partial charge in [0.05, 0.1) is 31.7 Å². The van der Waals surface area contributed by atoms with Crippen molar-refractivity contribution in [3.8, 4) is 11.5 Å². The maximum absolute atomic E-state index is 13.1. The topological polar surface area (TPSA) is 107 Å². The number of methoxy groups -OCH3 is 2. The molecule has 1 aromatic heterocycles. The van der Waals surface area contributed by atoms with Crippen molar-refractivity contribution >= 4 is 23.5 Å². The van der Waals surface area contributed by atoms with Crippen LogP contribution >= 0.6 is 0 Å². The Hall–Kier alpha value is -4.27. The van der Waals surface area contributed by atoms with Crippen LogP contribution in [0.15, 0.2) is 65.3 Å². The van der Waals surface area contributed by atoms with Crippen molar-refractivity contribution in [1.82, 2.24) is 4.90 Å². The molecule has 36 heavy (non-hydrogen) atoms. The zero-order valence-electron chi connectivity index (χ0n) is 21.0. The van der Waals surface area contributed by atoms with E-state index in [0.717, 1.165) is 5.56 Å². The fraction of sp³-hybridized carbons (Fsp3) is 0.296. The Morgan fingerprint density at radius 1 is 0.944 bits per heavy atom. The first-order valence-corrected chi connectivity index (χ1v) is 11.3. The summed E-state index contributed by atoms with van der Waals surface area (Å²) < 4.78 is 21.1. The number of esters is 1. The minimum absolute atomic E-state index is 0.00859. The van der Waals surface area contributed by atoms with Crippen molar-refractivity contribution in [3.63, 3.8) is 0 Å². The SMILES string of the molecule is COc1cc(NC(=O)c2ccco2)c(C(=O)OCC(=O)N(Cc2ccccc2)C(C)(C)C)cc1OC. The first kappa shape index (κ1) is 26.3. The number of carbonyl (C=O) groups excluding carboxylic acids is 3. The largest absolute Gasteiger partial charge is 0.493 e. The Labute approximate surface area is 209 Å². The van der Waals surface area contributed by atoms with Crippen molar-refractivity contribution in [1.29, 1.82) is 0 Å². The molecule has 0 saturated carbocycles. The van der Waals surface area contributed by atoms with E-state index >= 15 is 0 Å². The van der Waals surface area contributed by atoms with Gasteiger partial charge in [-0.1, -0.05) is 30.3 Å². The lowest BCUT2D eigenvalue weighted by Crippen LogP contribution is -2.46. The summed E-state index contributed by atoms with van der Waals surface area (Å²) in [5.74, 6) is -1.14. The van der Waals surface area contributed by atoms with Crippen LogP contribution in [0.5, 0.6) is 11.5 Å². The summed E-state index contributed by atoms with van der Waals surface area (Å²) >= 11 is 0. The van der Waals surface area contributed by atoms with Crippen molar-refractivity contribution < 1.29 is 33.0 Å². The Bertz CT molecular complexity index is 1200. The zero-order chi connectivity index (χ0) is 26.3. The van der Waals surface area contributed by atoms with E-state index in [1.54, 1.807) is 11.0 Å². The van der Waals surface area contributed by atoms with Crippen molar-refractivity contribution in [2.24, 2.45) is 0 Å². The van der Waals surface area contributed by atoms with Crippen LogP contribution in [0.3, 0.4) is 0 Å². The van der Waals surface area contributed by atoms with E-state index in [2.05, 4.69) is 5.32 Å². The lowest BCUT2D eigenvalue weighted by atomic mass is 10.0. The molecular formula is C27H30N2O7. The number of hydrogen-bond donors (Lipinski definition) is 1. The van der Waals surface area contributed by atoms with Gasteiger partial charge in [-0.05, 0) is 38.5 Å². The monoisotopic (exact) mass is 494 g/mol. The number of anilines is 1. The molecule has 9 heteroatoms. The van der Waals surface area contributed by atoms with Gasteiger partial charge in [-0.3, -0.25) is 9.59 Å².